The highest BCUT2D eigenvalue weighted by molar-refractivity contribution is 4.70. The molecule has 3 saturated heterocycles. The van der Waals surface area contributed by atoms with Gasteiger partial charge in [0.2, 0.25) is 0 Å². The van der Waals surface area contributed by atoms with Crippen molar-refractivity contribution in [2.24, 2.45) is 0 Å². The molecule has 3 aliphatic heterocycles. The van der Waals surface area contributed by atoms with E-state index in [4.69, 9.17) is 42.6 Å². The van der Waals surface area contributed by atoms with Gasteiger partial charge in [-0.2, -0.15) is 0 Å². The number of epoxide rings is 3. The van der Waals surface area contributed by atoms with Gasteiger partial charge in [0.1, 0.15) is 24.4 Å². The predicted molar refractivity (Wildman–Crippen MR) is 107 cm³/mol. The van der Waals surface area contributed by atoms with Crippen molar-refractivity contribution in [3.05, 3.63) is 0 Å². The Hall–Kier alpha value is -0.360. The maximum atomic E-state index is 6.00. The molecule has 0 spiro atoms. The minimum absolute atomic E-state index is 0.00892. The minimum atomic E-state index is -0.189. The lowest BCUT2D eigenvalue weighted by Crippen LogP contribution is -2.32. The van der Waals surface area contributed by atoms with E-state index < -0.39 is 0 Å². The summed E-state index contributed by atoms with van der Waals surface area (Å²) in [4.78, 5) is 0. The lowest BCUT2D eigenvalue weighted by atomic mass is 10.3. The number of rotatable bonds is 20. The average molecular weight is 435 g/mol. The van der Waals surface area contributed by atoms with Crippen LogP contribution in [-0.2, 0) is 42.6 Å². The van der Waals surface area contributed by atoms with Gasteiger partial charge in [-0.25, -0.2) is 0 Å². The quantitative estimate of drug-likeness (QED) is 0.258. The van der Waals surface area contributed by atoms with Crippen LogP contribution in [0.25, 0.3) is 0 Å². The first-order valence-corrected chi connectivity index (χ1v) is 11.0. The van der Waals surface area contributed by atoms with E-state index in [1.54, 1.807) is 0 Å². The Bertz CT molecular complexity index is 426. The molecule has 9 nitrogen and oxygen atoms in total. The standard InChI is InChI=1S/C21H38O9/c1-15(24-9-19-12-28-19)4-22-7-18(27-6-17(3)26-11-21-14-30-21)8-23-5-16(2)25-10-20-13-29-20/h15-21H,4-14H2,1-3H3. The van der Waals surface area contributed by atoms with Crippen molar-refractivity contribution in [3.8, 4) is 0 Å². The van der Waals surface area contributed by atoms with Gasteiger partial charge in [-0.3, -0.25) is 0 Å². The Balaban J connectivity index is 1.28. The van der Waals surface area contributed by atoms with Crippen LogP contribution < -0.4 is 0 Å². The van der Waals surface area contributed by atoms with Crippen LogP contribution in [0.1, 0.15) is 20.8 Å². The Kier molecular flexibility index (Phi) is 10.7. The van der Waals surface area contributed by atoms with Crippen molar-refractivity contribution in [1.29, 1.82) is 0 Å². The summed E-state index contributed by atoms with van der Waals surface area (Å²) in [6, 6.07) is 0. The fourth-order valence-corrected chi connectivity index (χ4v) is 2.60. The largest absolute Gasteiger partial charge is 0.376 e. The molecule has 0 saturated carbocycles. The molecule has 0 bridgehead atoms. The number of hydrogen-bond donors (Lipinski definition) is 0. The summed E-state index contributed by atoms with van der Waals surface area (Å²) in [5, 5.41) is 0. The van der Waals surface area contributed by atoms with Gasteiger partial charge in [-0.15, -0.1) is 0 Å². The lowest BCUT2D eigenvalue weighted by molar-refractivity contribution is -0.109. The van der Waals surface area contributed by atoms with Gasteiger partial charge < -0.3 is 42.6 Å². The van der Waals surface area contributed by atoms with Gasteiger partial charge in [-0.1, -0.05) is 0 Å². The third-order valence-electron chi connectivity index (χ3n) is 4.79. The summed E-state index contributed by atoms with van der Waals surface area (Å²) >= 11 is 0. The third-order valence-corrected chi connectivity index (χ3v) is 4.79. The van der Waals surface area contributed by atoms with Crippen LogP contribution in [0.2, 0.25) is 0 Å². The van der Waals surface area contributed by atoms with Gasteiger partial charge in [0, 0.05) is 0 Å². The number of hydrogen-bond acceptors (Lipinski definition) is 9. The molecule has 6 unspecified atom stereocenters. The van der Waals surface area contributed by atoms with Crippen molar-refractivity contribution in [1.82, 2.24) is 0 Å². The molecule has 3 aliphatic rings. The molecule has 0 aromatic rings. The van der Waals surface area contributed by atoms with Gasteiger partial charge >= 0.3 is 0 Å². The molecule has 176 valence electrons. The van der Waals surface area contributed by atoms with Crippen LogP contribution in [-0.4, -0.2) is 115 Å². The van der Waals surface area contributed by atoms with Crippen molar-refractivity contribution in [2.45, 2.75) is 63.5 Å². The van der Waals surface area contributed by atoms with E-state index in [0.717, 1.165) is 19.8 Å². The zero-order valence-corrected chi connectivity index (χ0v) is 18.5. The highest BCUT2D eigenvalue weighted by Crippen LogP contribution is 2.12. The fourth-order valence-electron chi connectivity index (χ4n) is 2.60. The summed E-state index contributed by atoms with van der Waals surface area (Å²) < 4.78 is 50.2. The van der Waals surface area contributed by atoms with Gasteiger partial charge in [0.05, 0.1) is 91.0 Å². The third kappa shape index (κ3) is 11.9. The normalized spacial score (nSPS) is 28.7. The van der Waals surface area contributed by atoms with E-state index in [2.05, 4.69) is 0 Å². The molecule has 0 aliphatic carbocycles. The minimum Gasteiger partial charge on any atom is -0.376 e. The van der Waals surface area contributed by atoms with Crippen LogP contribution >= 0.6 is 0 Å². The average Bonchev–Trinajstić information content (AvgIpc) is 3.56. The van der Waals surface area contributed by atoms with Crippen LogP contribution in [0.5, 0.6) is 0 Å². The van der Waals surface area contributed by atoms with Gasteiger partial charge in [-0.05, 0) is 20.8 Å². The summed E-state index contributed by atoms with van der Waals surface area (Å²) in [7, 11) is 0. The highest BCUT2D eigenvalue weighted by Gasteiger charge is 2.25. The van der Waals surface area contributed by atoms with E-state index in [9.17, 15) is 0 Å². The van der Waals surface area contributed by atoms with Crippen LogP contribution in [0, 0.1) is 0 Å². The second kappa shape index (κ2) is 13.2. The molecule has 0 aromatic carbocycles. The van der Waals surface area contributed by atoms with Crippen molar-refractivity contribution >= 4 is 0 Å². The van der Waals surface area contributed by atoms with Gasteiger partial charge in [0.25, 0.3) is 0 Å². The SMILES string of the molecule is CC(COCC(COCC(C)OCC1CO1)OCC(C)OCC1CO1)OCC1CO1. The molecule has 30 heavy (non-hydrogen) atoms. The van der Waals surface area contributed by atoms with Crippen molar-refractivity contribution in [2.75, 3.05) is 72.7 Å². The van der Waals surface area contributed by atoms with E-state index in [1.165, 1.54) is 0 Å². The molecule has 0 aromatic heterocycles. The molecule has 3 rings (SSSR count). The topological polar surface area (TPSA) is 93.0 Å². The summed E-state index contributed by atoms with van der Waals surface area (Å²) in [6.07, 6.45) is 0.582. The molecule has 0 radical (unpaired) electrons. The Morgan fingerprint density at radius 2 is 0.933 bits per heavy atom. The fraction of sp³-hybridized carbons (Fsp3) is 1.00. The second-order valence-corrected chi connectivity index (χ2v) is 8.33. The lowest BCUT2D eigenvalue weighted by Gasteiger charge is -2.22. The van der Waals surface area contributed by atoms with Crippen LogP contribution in [0.4, 0.5) is 0 Å². The summed E-state index contributed by atoms with van der Waals surface area (Å²) in [5.74, 6) is 0. The zero-order chi connectivity index (χ0) is 21.2. The summed E-state index contributed by atoms with van der Waals surface area (Å²) in [5.41, 5.74) is 0. The molecule has 3 fully saturated rings. The van der Waals surface area contributed by atoms with E-state index in [0.29, 0.717) is 52.9 Å². The van der Waals surface area contributed by atoms with Crippen molar-refractivity contribution < 1.29 is 42.6 Å². The Labute approximate surface area is 179 Å². The maximum Gasteiger partial charge on any atom is 0.104 e. The maximum absolute atomic E-state index is 6.00. The number of ether oxygens (including phenoxy) is 9. The van der Waals surface area contributed by atoms with E-state index in [1.807, 2.05) is 20.8 Å². The summed E-state index contributed by atoms with van der Waals surface area (Å²) in [6.45, 7) is 12.5. The van der Waals surface area contributed by atoms with Gasteiger partial charge in [0.15, 0.2) is 0 Å². The Morgan fingerprint density at radius 1 is 0.567 bits per heavy atom. The van der Waals surface area contributed by atoms with Crippen molar-refractivity contribution in [3.63, 3.8) is 0 Å². The molecule has 9 heteroatoms. The highest BCUT2D eigenvalue weighted by atomic mass is 16.6. The van der Waals surface area contributed by atoms with Crippen LogP contribution in [0.15, 0.2) is 0 Å². The molecule has 6 atom stereocenters. The molecule has 3 heterocycles. The predicted octanol–water partition coefficient (Wildman–Crippen LogP) is 0.817. The monoisotopic (exact) mass is 434 g/mol. The zero-order valence-electron chi connectivity index (χ0n) is 18.5. The molecular weight excluding hydrogens is 396 g/mol. The van der Waals surface area contributed by atoms with Crippen LogP contribution in [0.3, 0.4) is 0 Å². The first-order valence-electron chi connectivity index (χ1n) is 11.0. The van der Waals surface area contributed by atoms with E-state index >= 15 is 0 Å². The van der Waals surface area contributed by atoms with E-state index in [-0.39, 0.29) is 42.7 Å². The second-order valence-electron chi connectivity index (χ2n) is 8.33. The smallest absolute Gasteiger partial charge is 0.104 e. The molecular formula is C21H38O9. The first kappa shape index (κ1) is 24.3. The molecule has 0 N–H and O–H groups in total. The first-order chi connectivity index (χ1) is 14.6. The molecule has 0 amide bonds. The Morgan fingerprint density at radius 3 is 1.30 bits per heavy atom.